The molecule has 3 aromatic rings. The minimum absolute atomic E-state index is 0.00591. The van der Waals surface area contributed by atoms with E-state index >= 15 is 0 Å². The molecule has 0 radical (unpaired) electrons. The number of nitrogens with one attached hydrogen (secondary N) is 1. The Kier molecular flexibility index (Phi) is 3.31. The number of aromatic nitrogens is 3. The maximum atomic E-state index is 12.0. The van der Waals surface area contributed by atoms with Gasteiger partial charge in [-0.25, -0.2) is 9.97 Å². The summed E-state index contributed by atoms with van der Waals surface area (Å²) in [4.78, 5) is 23.9. The largest absolute Gasteiger partial charge is 0.506 e. The van der Waals surface area contributed by atoms with E-state index in [1.807, 2.05) is 32.0 Å². The van der Waals surface area contributed by atoms with Crippen LogP contribution in [0.4, 0.5) is 0 Å². The van der Waals surface area contributed by atoms with Crippen molar-refractivity contribution in [2.45, 2.75) is 13.8 Å². The van der Waals surface area contributed by atoms with E-state index < -0.39 is 0 Å². The molecule has 6 heteroatoms. The van der Waals surface area contributed by atoms with E-state index in [4.69, 9.17) is 0 Å². The third-order valence-electron chi connectivity index (χ3n) is 3.04. The van der Waals surface area contributed by atoms with Crippen molar-refractivity contribution in [1.82, 2.24) is 15.0 Å². The van der Waals surface area contributed by atoms with Crippen LogP contribution in [0, 0.1) is 13.8 Å². The normalized spacial score (nSPS) is 12.0. The van der Waals surface area contributed by atoms with Gasteiger partial charge in [0.25, 0.3) is 5.56 Å². The standard InChI is InChI=1S/C15H13N3O2S/c1-8-14(21-9(2)16-8)13(19)7-12-15(20)18-11-6-4-3-5-10(11)17-12/h3-7,19H,1-2H3,(H,18,20)/b13-7-. The van der Waals surface area contributed by atoms with Crippen molar-refractivity contribution in [2.24, 2.45) is 0 Å². The highest BCUT2D eigenvalue weighted by atomic mass is 32.1. The molecule has 2 aromatic heterocycles. The summed E-state index contributed by atoms with van der Waals surface area (Å²) >= 11 is 1.38. The van der Waals surface area contributed by atoms with Gasteiger partial charge >= 0.3 is 0 Å². The van der Waals surface area contributed by atoms with Gasteiger partial charge in [0, 0.05) is 6.08 Å². The Labute approximate surface area is 124 Å². The van der Waals surface area contributed by atoms with E-state index in [1.54, 1.807) is 6.07 Å². The van der Waals surface area contributed by atoms with Gasteiger partial charge in [0.1, 0.15) is 11.5 Å². The molecular weight excluding hydrogens is 286 g/mol. The van der Waals surface area contributed by atoms with Crippen LogP contribution in [0.2, 0.25) is 0 Å². The van der Waals surface area contributed by atoms with Crippen molar-refractivity contribution in [1.29, 1.82) is 0 Å². The number of aryl methyl sites for hydroxylation is 2. The Balaban J connectivity index is 2.12. The highest BCUT2D eigenvalue weighted by Crippen LogP contribution is 2.24. The summed E-state index contributed by atoms with van der Waals surface area (Å²) in [6.45, 7) is 3.69. The first-order valence-electron chi connectivity index (χ1n) is 6.39. The van der Waals surface area contributed by atoms with Crippen LogP contribution in [0.25, 0.3) is 22.9 Å². The quantitative estimate of drug-likeness (QED) is 0.713. The summed E-state index contributed by atoms with van der Waals surface area (Å²) in [6.07, 6.45) is 1.38. The van der Waals surface area contributed by atoms with E-state index in [0.717, 1.165) is 10.7 Å². The molecule has 106 valence electrons. The molecule has 0 aliphatic carbocycles. The Hall–Kier alpha value is -2.47. The lowest BCUT2D eigenvalue weighted by atomic mass is 10.2. The second kappa shape index (κ2) is 5.14. The number of hydrogen-bond donors (Lipinski definition) is 2. The van der Waals surface area contributed by atoms with Gasteiger partial charge < -0.3 is 10.1 Å². The molecule has 0 amide bonds. The van der Waals surface area contributed by atoms with Gasteiger partial charge in [-0.15, -0.1) is 11.3 Å². The molecule has 0 aliphatic heterocycles. The minimum Gasteiger partial charge on any atom is -0.506 e. The van der Waals surface area contributed by atoms with E-state index in [1.165, 1.54) is 17.4 Å². The first kappa shape index (κ1) is 13.5. The highest BCUT2D eigenvalue weighted by Gasteiger charge is 2.11. The molecule has 1 aromatic carbocycles. The molecule has 0 saturated heterocycles. The zero-order valence-electron chi connectivity index (χ0n) is 11.5. The molecule has 0 aliphatic rings. The fourth-order valence-electron chi connectivity index (χ4n) is 2.11. The number of benzene rings is 1. The van der Waals surface area contributed by atoms with Crippen molar-refractivity contribution in [2.75, 3.05) is 0 Å². The fourth-order valence-corrected chi connectivity index (χ4v) is 2.94. The van der Waals surface area contributed by atoms with Gasteiger partial charge in [-0.05, 0) is 26.0 Å². The number of fused-ring (bicyclic) bond motifs is 1. The van der Waals surface area contributed by atoms with Crippen molar-refractivity contribution in [3.8, 4) is 0 Å². The topological polar surface area (TPSA) is 78.9 Å². The predicted octanol–water partition coefficient (Wildman–Crippen LogP) is 3.05. The van der Waals surface area contributed by atoms with Crippen LogP contribution in [0.15, 0.2) is 29.1 Å². The molecule has 5 nitrogen and oxygen atoms in total. The molecular formula is C15H13N3O2S. The lowest BCUT2D eigenvalue weighted by Crippen LogP contribution is -2.12. The van der Waals surface area contributed by atoms with Crippen molar-refractivity contribution in [3.05, 3.63) is 55.9 Å². The number of aliphatic hydroxyl groups is 1. The number of rotatable bonds is 2. The fraction of sp³-hybridized carbons (Fsp3) is 0.133. The molecule has 0 bridgehead atoms. The third-order valence-corrected chi connectivity index (χ3v) is 4.13. The Morgan fingerprint density at radius 1 is 1.29 bits per heavy atom. The summed E-state index contributed by atoms with van der Waals surface area (Å²) in [5, 5.41) is 11.1. The van der Waals surface area contributed by atoms with Crippen molar-refractivity contribution >= 4 is 34.2 Å². The zero-order chi connectivity index (χ0) is 15.0. The lowest BCUT2D eigenvalue weighted by Gasteiger charge is -2.00. The van der Waals surface area contributed by atoms with Gasteiger partial charge in [-0.3, -0.25) is 4.79 Å². The monoisotopic (exact) mass is 299 g/mol. The van der Waals surface area contributed by atoms with Crippen LogP contribution in [-0.2, 0) is 0 Å². The van der Waals surface area contributed by atoms with Gasteiger partial charge in [-0.2, -0.15) is 0 Å². The average molecular weight is 299 g/mol. The highest BCUT2D eigenvalue weighted by molar-refractivity contribution is 7.12. The lowest BCUT2D eigenvalue weighted by molar-refractivity contribution is 0.516. The zero-order valence-corrected chi connectivity index (χ0v) is 12.4. The van der Waals surface area contributed by atoms with E-state index in [0.29, 0.717) is 15.9 Å². The van der Waals surface area contributed by atoms with E-state index in [-0.39, 0.29) is 17.0 Å². The molecule has 0 fully saturated rings. The van der Waals surface area contributed by atoms with Crippen LogP contribution in [0.1, 0.15) is 21.3 Å². The minimum atomic E-state index is -0.334. The number of thiazole rings is 1. The number of aromatic amines is 1. The molecule has 0 spiro atoms. The predicted molar refractivity (Wildman–Crippen MR) is 84.5 cm³/mol. The third kappa shape index (κ3) is 2.57. The molecule has 0 unspecified atom stereocenters. The molecule has 0 saturated carbocycles. The Morgan fingerprint density at radius 2 is 2.05 bits per heavy atom. The van der Waals surface area contributed by atoms with Crippen molar-refractivity contribution < 1.29 is 5.11 Å². The van der Waals surface area contributed by atoms with Crippen LogP contribution < -0.4 is 5.56 Å². The molecule has 0 atom stereocenters. The van der Waals surface area contributed by atoms with Crippen LogP contribution in [0.5, 0.6) is 0 Å². The first-order valence-corrected chi connectivity index (χ1v) is 7.20. The summed E-state index contributed by atoms with van der Waals surface area (Å²) in [6, 6.07) is 7.27. The molecule has 2 heterocycles. The molecule has 21 heavy (non-hydrogen) atoms. The van der Waals surface area contributed by atoms with Crippen LogP contribution >= 0.6 is 11.3 Å². The summed E-state index contributed by atoms with van der Waals surface area (Å²) < 4.78 is 0. The maximum Gasteiger partial charge on any atom is 0.274 e. The second-order valence-electron chi connectivity index (χ2n) is 4.65. The first-order chi connectivity index (χ1) is 10.0. The second-order valence-corrected chi connectivity index (χ2v) is 5.85. The Morgan fingerprint density at radius 3 is 2.76 bits per heavy atom. The number of aliphatic hydroxyl groups excluding tert-OH is 1. The smallest absolute Gasteiger partial charge is 0.274 e. The Bertz CT molecular complexity index is 909. The van der Waals surface area contributed by atoms with Crippen LogP contribution in [-0.4, -0.2) is 20.1 Å². The number of nitrogens with zero attached hydrogens (tertiary/aromatic N) is 2. The molecule has 3 rings (SSSR count). The molecule has 2 N–H and O–H groups in total. The van der Waals surface area contributed by atoms with Gasteiger partial charge in [-0.1, -0.05) is 12.1 Å². The SMILES string of the molecule is Cc1nc(C)c(/C(O)=C/c2nc3ccccc3[nH]c2=O)s1. The summed E-state index contributed by atoms with van der Waals surface area (Å²) in [7, 11) is 0. The number of hydrogen-bond acceptors (Lipinski definition) is 5. The maximum absolute atomic E-state index is 12.0. The average Bonchev–Trinajstić information content (AvgIpc) is 2.78. The summed E-state index contributed by atoms with van der Waals surface area (Å²) in [5.41, 5.74) is 1.93. The van der Waals surface area contributed by atoms with Gasteiger partial charge in [0.15, 0.2) is 0 Å². The van der Waals surface area contributed by atoms with Gasteiger partial charge in [0.05, 0.1) is 26.6 Å². The van der Waals surface area contributed by atoms with Crippen molar-refractivity contribution in [3.63, 3.8) is 0 Å². The van der Waals surface area contributed by atoms with E-state index in [9.17, 15) is 9.90 Å². The van der Waals surface area contributed by atoms with Crippen LogP contribution in [0.3, 0.4) is 0 Å². The van der Waals surface area contributed by atoms with Gasteiger partial charge in [0.2, 0.25) is 0 Å². The van der Waals surface area contributed by atoms with E-state index in [2.05, 4.69) is 15.0 Å². The number of para-hydroxylation sites is 2. The summed E-state index contributed by atoms with van der Waals surface area (Å²) in [5.74, 6) is 0.00591. The number of H-pyrrole nitrogens is 1.